The number of phosphoric acid groups is 2. The summed E-state index contributed by atoms with van der Waals surface area (Å²) >= 11 is 0. The van der Waals surface area contributed by atoms with Crippen LogP contribution in [0.1, 0.15) is 25.3 Å². The highest BCUT2D eigenvalue weighted by Gasteiger charge is 2.53. The third-order valence-electron chi connectivity index (χ3n) is 7.67. The van der Waals surface area contributed by atoms with Crippen molar-refractivity contribution >= 4 is 38.4 Å². The zero-order valence-electron chi connectivity index (χ0n) is 24.6. The number of hydrogen-bond donors (Lipinski definition) is 7. The van der Waals surface area contributed by atoms with Crippen LogP contribution >= 0.6 is 15.6 Å². The Morgan fingerprint density at radius 3 is 2.42 bits per heavy atom. The Hall–Kier alpha value is -2.99. The second-order valence-electron chi connectivity index (χ2n) is 10.9. The quantitative estimate of drug-likeness (QED) is 0.0984. The van der Waals surface area contributed by atoms with Gasteiger partial charge in [0.05, 0.1) is 19.5 Å². The number of phosphoric ester groups is 2. The minimum atomic E-state index is -5.19. The van der Waals surface area contributed by atoms with Gasteiger partial charge in [0.15, 0.2) is 30.2 Å². The van der Waals surface area contributed by atoms with Crippen LogP contribution in [0.15, 0.2) is 29.7 Å². The molecule has 6 heterocycles. The van der Waals surface area contributed by atoms with Gasteiger partial charge in [-0.25, -0.2) is 28.9 Å². The maximum atomic E-state index is 13.4. The Balaban J connectivity index is 1.21. The summed E-state index contributed by atoms with van der Waals surface area (Å²) in [6.07, 6.45) is -8.17. The van der Waals surface area contributed by atoms with Gasteiger partial charge in [0.1, 0.15) is 54.3 Å². The molecule has 3 aromatic rings. The number of imidazole rings is 1. The Kier molecular flexibility index (Phi) is 9.97. The summed E-state index contributed by atoms with van der Waals surface area (Å²) in [7, 11) is -10.3. The van der Waals surface area contributed by atoms with E-state index < -0.39 is 89.9 Å². The lowest BCUT2D eigenvalue weighted by molar-refractivity contribution is -0.181. The van der Waals surface area contributed by atoms with Crippen molar-refractivity contribution in [3.63, 3.8) is 0 Å². The number of anilines is 2. The van der Waals surface area contributed by atoms with Crippen molar-refractivity contribution in [2.24, 2.45) is 0 Å². The first-order chi connectivity index (χ1) is 22.7. The second-order valence-corrected chi connectivity index (χ2v) is 13.5. The van der Waals surface area contributed by atoms with Gasteiger partial charge in [0.25, 0.3) is 0 Å². The maximum absolute atomic E-state index is 13.4. The van der Waals surface area contributed by atoms with Gasteiger partial charge in [-0.05, 0) is 12.5 Å². The van der Waals surface area contributed by atoms with Crippen LogP contribution in [0.2, 0.25) is 0 Å². The van der Waals surface area contributed by atoms with Gasteiger partial charge in [-0.1, -0.05) is 0 Å². The molecule has 9 N–H and O–H groups in total. The summed E-state index contributed by atoms with van der Waals surface area (Å²) in [4.78, 5) is 57.8. The number of fused-ring (bicyclic) bond motifs is 1. The monoisotopic (exact) mass is 722 g/mol. The van der Waals surface area contributed by atoms with Crippen LogP contribution < -0.4 is 17.2 Å². The number of ether oxygens (including phenoxy) is 4. The van der Waals surface area contributed by atoms with Crippen LogP contribution in [-0.2, 0) is 41.6 Å². The van der Waals surface area contributed by atoms with Gasteiger partial charge < -0.3 is 55.3 Å². The first-order valence-electron chi connectivity index (χ1n) is 14.3. The second kappa shape index (κ2) is 13.7. The van der Waals surface area contributed by atoms with Crippen LogP contribution in [0, 0.1) is 0 Å². The molecule has 0 bridgehead atoms. The average molecular weight is 722 g/mol. The van der Waals surface area contributed by atoms with Crippen LogP contribution in [0.4, 0.5) is 11.6 Å². The standard InChI is InChI=1S/C23H32N8O15P2/c24-12-3-4-30(23(34)29-12)22-18(45-13-2-1-5-40-13)17(11(44-22)7-41-47(35,36)37)46-48(38,39)42-6-10-15(32)16(33)21(43-10)31-9-28-14-19(25)26-8-27-20(14)31/h3-4,8-11,13,15-18,21-22,32-33H,1-2,5-7H2,(H,38,39)(H2,24,29,34)(H2,25,26,27)(H2,35,36,37)/t10-,11-,13?,15-,16-,17-,18-,21?,22-/m1/s1. The van der Waals surface area contributed by atoms with E-state index in [1.165, 1.54) is 29.5 Å². The van der Waals surface area contributed by atoms with E-state index in [9.17, 15) is 38.8 Å². The zero-order chi connectivity index (χ0) is 34.4. The molecule has 3 fully saturated rings. The number of nitrogens with two attached hydrogens (primary N) is 2. The van der Waals surface area contributed by atoms with E-state index in [2.05, 4.69) is 24.5 Å². The minimum absolute atomic E-state index is 0.0620. The van der Waals surface area contributed by atoms with Crippen LogP contribution in [-0.4, -0.2) is 117 Å². The predicted molar refractivity (Wildman–Crippen MR) is 155 cm³/mol. The first kappa shape index (κ1) is 34.9. The Bertz CT molecular complexity index is 1770. The minimum Gasteiger partial charge on any atom is -0.387 e. The molecule has 264 valence electrons. The summed E-state index contributed by atoms with van der Waals surface area (Å²) in [6.45, 7) is -1.36. The molecule has 0 radical (unpaired) electrons. The molecule has 10 atom stereocenters. The van der Waals surface area contributed by atoms with Gasteiger partial charge in [-0.2, -0.15) is 4.98 Å². The van der Waals surface area contributed by atoms with Crippen LogP contribution in [0.5, 0.6) is 0 Å². The van der Waals surface area contributed by atoms with Crippen molar-refractivity contribution in [2.75, 3.05) is 31.3 Å². The van der Waals surface area contributed by atoms with Gasteiger partial charge in [-0.15, -0.1) is 0 Å². The van der Waals surface area contributed by atoms with Crippen molar-refractivity contribution in [1.82, 2.24) is 29.1 Å². The molecule has 25 heteroatoms. The fraction of sp³-hybridized carbons (Fsp3) is 0.609. The molecule has 3 aliphatic heterocycles. The lowest BCUT2D eigenvalue weighted by Gasteiger charge is -2.28. The third kappa shape index (κ3) is 7.44. The molecule has 48 heavy (non-hydrogen) atoms. The highest BCUT2D eigenvalue weighted by molar-refractivity contribution is 7.47. The highest BCUT2D eigenvalue weighted by atomic mass is 31.2. The largest absolute Gasteiger partial charge is 0.472 e. The maximum Gasteiger partial charge on any atom is 0.472 e. The fourth-order valence-corrected chi connectivity index (χ4v) is 6.76. The summed E-state index contributed by atoms with van der Waals surface area (Å²) in [5, 5.41) is 21.4. The third-order valence-corrected chi connectivity index (χ3v) is 9.14. The molecule has 23 nitrogen and oxygen atoms in total. The molecule has 3 aliphatic rings. The summed E-state index contributed by atoms with van der Waals surface area (Å²) in [5.41, 5.74) is 10.9. The number of nitrogen functional groups attached to an aromatic ring is 2. The van der Waals surface area contributed by atoms with Gasteiger partial charge >= 0.3 is 21.3 Å². The number of rotatable bonds is 12. The molecule has 0 spiro atoms. The van der Waals surface area contributed by atoms with Gasteiger partial charge in [0, 0.05) is 19.2 Å². The van der Waals surface area contributed by atoms with Gasteiger partial charge in [0.2, 0.25) is 0 Å². The van der Waals surface area contributed by atoms with Gasteiger partial charge in [-0.3, -0.25) is 22.7 Å². The Morgan fingerprint density at radius 2 is 1.71 bits per heavy atom. The fourth-order valence-electron chi connectivity index (χ4n) is 5.46. The lowest BCUT2D eigenvalue weighted by Crippen LogP contribution is -2.41. The smallest absolute Gasteiger partial charge is 0.387 e. The number of aromatic nitrogens is 6. The van der Waals surface area contributed by atoms with E-state index in [-0.39, 0.29) is 22.8 Å². The summed E-state index contributed by atoms with van der Waals surface area (Å²) in [5.74, 6) is -0.0532. The molecule has 3 unspecified atom stereocenters. The normalized spacial score (nSPS) is 32.2. The van der Waals surface area contributed by atoms with Crippen molar-refractivity contribution in [2.45, 2.75) is 68.2 Å². The molecular weight excluding hydrogens is 690 g/mol. The zero-order valence-corrected chi connectivity index (χ0v) is 26.4. The number of aliphatic hydroxyl groups excluding tert-OH is 2. The van der Waals surface area contributed by atoms with Crippen molar-refractivity contribution in [1.29, 1.82) is 0 Å². The molecule has 0 aliphatic carbocycles. The van der Waals surface area contributed by atoms with E-state index in [0.29, 0.717) is 19.4 Å². The molecule has 3 saturated heterocycles. The van der Waals surface area contributed by atoms with E-state index in [1.54, 1.807) is 0 Å². The average Bonchev–Trinajstić information content (AvgIpc) is 3.80. The highest BCUT2D eigenvalue weighted by Crippen LogP contribution is 2.50. The van der Waals surface area contributed by atoms with Crippen molar-refractivity contribution < 1.29 is 66.5 Å². The molecule has 0 amide bonds. The van der Waals surface area contributed by atoms with Crippen LogP contribution in [0.3, 0.4) is 0 Å². The summed E-state index contributed by atoms with van der Waals surface area (Å²) < 4.78 is 65.4. The molecule has 0 aromatic carbocycles. The predicted octanol–water partition coefficient (Wildman–Crippen LogP) is -2.10. The van der Waals surface area contributed by atoms with Crippen molar-refractivity contribution in [3.05, 3.63) is 35.4 Å². The lowest BCUT2D eigenvalue weighted by atomic mass is 10.1. The Morgan fingerprint density at radius 1 is 0.958 bits per heavy atom. The molecule has 0 saturated carbocycles. The SMILES string of the molecule is Nc1ccn([C@@H]2O[C@H](COP(=O)(O)O)[C@@H](OP(=O)(O)OC[C@H]3OC(n4cnc5c(N)ncnc54)[C@H](O)[C@@H]3O)[C@H]2OC2CCCO2)c(=O)n1. The van der Waals surface area contributed by atoms with E-state index in [0.717, 1.165) is 4.57 Å². The van der Waals surface area contributed by atoms with E-state index in [4.69, 9.17) is 39.5 Å². The first-order valence-corrected chi connectivity index (χ1v) is 17.3. The number of nitrogens with zero attached hydrogens (tertiary/aromatic N) is 6. The summed E-state index contributed by atoms with van der Waals surface area (Å²) in [6, 6.07) is 1.27. The van der Waals surface area contributed by atoms with Crippen LogP contribution in [0.25, 0.3) is 11.2 Å². The van der Waals surface area contributed by atoms with E-state index in [1.807, 2.05) is 0 Å². The topological polar surface area (TPSA) is 330 Å². The van der Waals surface area contributed by atoms with E-state index >= 15 is 0 Å². The molecule has 3 aromatic heterocycles. The number of aliphatic hydroxyl groups is 2. The molecule has 6 rings (SSSR count). The van der Waals surface area contributed by atoms with Crippen molar-refractivity contribution in [3.8, 4) is 0 Å². The molecular formula is C23H32N8O15P2. The number of hydrogen-bond acceptors (Lipinski definition) is 18. The Labute approximate surface area is 269 Å².